The molecule has 0 radical (unpaired) electrons. The van der Waals surface area contributed by atoms with Crippen molar-refractivity contribution in [3.8, 4) is 5.75 Å². The monoisotopic (exact) mass is 330 g/mol. The molecule has 3 heteroatoms. The van der Waals surface area contributed by atoms with Crippen molar-refractivity contribution in [1.29, 1.82) is 0 Å². The van der Waals surface area contributed by atoms with E-state index in [9.17, 15) is 4.79 Å². The number of carbonyl (C=O) groups is 1. The van der Waals surface area contributed by atoms with Crippen molar-refractivity contribution in [3.63, 3.8) is 0 Å². The van der Waals surface area contributed by atoms with Crippen molar-refractivity contribution in [1.82, 2.24) is 0 Å². The average Bonchev–Trinajstić information content (AvgIpc) is 2.67. The van der Waals surface area contributed by atoms with Crippen LogP contribution < -0.4 is 4.74 Å². The van der Waals surface area contributed by atoms with Crippen LogP contribution in [0.3, 0.4) is 0 Å². The maximum atomic E-state index is 12.1. The Hall–Kier alpha value is -3.07. The second kappa shape index (κ2) is 6.10. The summed E-state index contributed by atoms with van der Waals surface area (Å²) in [6, 6.07) is 20.1. The number of ether oxygens (including phenoxy) is 2. The molecule has 0 unspecified atom stereocenters. The SMILES string of the molecule is CCOC(=O)c1ccc2c3cc(OC)ccc3c3ccccc3c2c1. The highest BCUT2D eigenvalue weighted by atomic mass is 16.5. The van der Waals surface area contributed by atoms with E-state index < -0.39 is 0 Å². The Kier molecular flexibility index (Phi) is 3.77. The summed E-state index contributed by atoms with van der Waals surface area (Å²) in [5.74, 6) is 0.526. The van der Waals surface area contributed by atoms with Gasteiger partial charge < -0.3 is 9.47 Å². The summed E-state index contributed by atoms with van der Waals surface area (Å²) in [5.41, 5.74) is 0.571. The fourth-order valence-electron chi connectivity index (χ4n) is 3.40. The van der Waals surface area contributed by atoms with E-state index in [0.29, 0.717) is 12.2 Å². The van der Waals surface area contributed by atoms with Crippen LogP contribution in [0.2, 0.25) is 0 Å². The Bertz CT molecular complexity index is 1110. The third kappa shape index (κ3) is 2.49. The van der Waals surface area contributed by atoms with Crippen LogP contribution in [0.15, 0.2) is 60.7 Å². The van der Waals surface area contributed by atoms with E-state index >= 15 is 0 Å². The largest absolute Gasteiger partial charge is 0.497 e. The van der Waals surface area contributed by atoms with Crippen molar-refractivity contribution < 1.29 is 14.3 Å². The molecule has 0 aromatic heterocycles. The zero-order valence-electron chi connectivity index (χ0n) is 14.2. The number of hydrogen-bond acceptors (Lipinski definition) is 3. The van der Waals surface area contributed by atoms with Crippen LogP contribution in [0.25, 0.3) is 32.3 Å². The Morgan fingerprint density at radius 1 is 0.800 bits per heavy atom. The number of carbonyl (C=O) groups excluding carboxylic acids is 1. The summed E-state index contributed by atoms with van der Waals surface area (Å²) in [6.07, 6.45) is 0. The molecule has 4 aromatic rings. The van der Waals surface area contributed by atoms with E-state index in [0.717, 1.165) is 32.7 Å². The third-order valence-electron chi connectivity index (χ3n) is 4.56. The molecule has 4 aromatic carbocycles. The standard InChI is InChI=1S/C22H18O3/c1-3-25-22(23)14-8-10-19-20(12-14)17-7-5-4-6-16(17)18-11-9-15(24-2)13-21(18)19/h4-13H,3H2,1-2H3. The summed E-state index contributed by atoms with van der Waals surface area (Å²) in [4.78, 5) is 12.1. The first-order chi connectivity index (χ1) is 12.2. The zero-order valence-corrected chi connectivity index (χ0v) is 14.2. The minimum Gasteiger partial charge on any atom is -0.497 e. The first kappa shape index (κ1) is 15.5. The van der Waals surface area contributed by atoms with Crippen LogP contribution in [0.1, 0.15) is 17.3 Å². The highest BCUT2D eigenvalue weighted by Crippen LogP contribution is 2.37. The average molecular weight is 330 g/mol. The van der Waals surface area contributed by atoms with Gasteiger partial charge in [-0.15, -0.1) is 0 Å². The topological polar surface area (TPSA) is 35.5 Å². The van der Waals surface area contributed by atoms with Crippen LogP contribution >= 0.6 is 0 Å². The molecule has 124 valence electrons. The lowest BCUT2D eigenvalue weighted by molar-refractivity contribution is 0.0526. The maximum Gasteiger partial charge on any atom is 0.338 e. The van der Waals surface area contributed by atoms with Gasteiger partial charge in [-0.05, 0) is 63.5 Å². The summed E-state index contributed by atoms with van der Waals surface area (Å²) in [6.45, 7) is 2.18. The zero-order chi connectivity index (χ0) is 17.4. The highest BCUT2D eigenvalue weighted by molar-refractivity contribution is 6.26. The van der Waals surface area contributed by atoms with E-state index in [2.05, 4.69) is 18.2 Å². The normalized spacial score (nSPS) is 11.1. The number of fused-ring (bicyclic) bond motifs is 6. The molecule has 0 fully saturated rings. The molecule has 0 N–H and O–H groups in total. The smallest absolute Gasteiger partial charge is 0.338 e. The minimum absolute atomic E-state index is 0.292. The number of benzene rings is 4. The first-order valence-electron chi connectivity index (χ1n) is 8.32. The van der Waals surface area contributed by atoms with Crippen molar-refractivity contribution in [2.24, 2.45) is 0 Å². The molecule has 4 rings (SSSR count). The van der Waals surface area contributed by atoms with Gasteiger partial charge in [-0.1, -0.05) is 36.4 Å². The molecule has 0 atom stereocenters. The van der Waals surface area contributed by atoms with Crippen molar-refractivity contribution >= 4 is 38.3 Å². The number of hydrogen-bond donors (Lipinski definition) is 0. The maximum absolute atomic E-state index is 12.1. The molecule has 0 heterocycles. The lowest BCUT2D eigenvalue weighted by atomic mass is 9.93. The summed E-state index contributed by atoms with van der Waals surface area (Å²) in [7, 11) is 1.67. The van der Waals surface area contributed by atoms with Gasteiger partial charge in [0.25, 0.3) is 0 Å². The van der Waals surface area contributed by atoms with Crippen molar-refractivity contribution in [3.05, 3.63) is 66.2 Å². The lowest BCUT2D eigenvalue weighted by Gasteiger charge is -2.12. The highest BCUT2D eigenvalue weighted by Gasteiger charge is 2.13. The molecular formula is C22H18O3. The fourth-order valence-corrected chi connectivity index (χ4v) is 3.40. The Morgan fingerprint density at radius 2 is 1.40 bits per heavy atom. The lowest BCUT2D eigenvalue weighted by Crippen LogP contribution is -2.04. The van der Waals surface area contributed by atoms with Crippen LogP contribution in [-0.2, 0) is 4.74 Å². The van der Waals surface area contributed by atoms with E-state index in [4.69, 9.17) is 9.47 Å². The molecule has 3 nitrogen and oxygen atoms in total. The molecule has 0 saturated carbocycles. The minimum atomic E-state index is -0.292. The van der Waals surface area contributed by atoms with Crippen molar-refractivity contribution in [2.75, 3.05) is 13.7 Å². The van der Waals surface area contributed by atoms with Gasteiger partial charge in [-0.25, -0.2) is 4.79 Å². The molecule has 0 bridgehead atoms. The molecule has 0 spiro atoms. The van der Waals surface area contributed by atoms with Gasteiger partial charge in [0.2, 0.25) is 0 Å². The molecular weight excluding hydrogens is 312 g/mol. The molecule has 0 aliphatic carbocycles. The van der Waals surface area contributed by atoms with Crippen LogP contribution in [0.4, 0.5) is 0 Å². The second-order valence-corrected chi connectivity index (χ2v) is 5.94. The fraction of sp³-hybridized carbons (Fsp3) is 0.136. The van der Waals surface area contributed by atoms with E-state index in [1.165, 1.54) is 5.39 Å². The van der Waals surface area contributed by atoms with Gasteiger partial charge in [0.05, 0.1) is 19.3 Å². The predicted molar refractivity (Wildman–Crippen MR) is 101 cm³/mol. The Balaban J connectivity index is 2.13. The van der Waals surface area contributed by atoms with Gasteiger partial charge in [-0.3, -0.25) is 0 Å². The molecule has 0 saturated heterocycles. The quantitative estimate of drug-likeness (QED) is 0.376. The Labute approximate surface area is 145 Å². The van der Waals surface area contributed by atoms with Gasteiger partial charge >= 0.3 is 5.97 Å². The summed E-state index contributed by atoms with van der Waals surface area (Å²) >= 11 is 0. The van der Waals surface area contributed by atoms with E-state index in [1.54, 1.807) is 7.11 Å². The van der Waals surface area contributed by atoms with Crippen LogP contribution in [0, 0.1) is 0 Å². The molecule has 0 aliphatic rings. The van der Waals surface area contributed by atoms with Gasteiger partial charge in [0.1, 0.15) is 5.75 Å². The van der Waals surface area contributed by atoms with Gasteiger partial charge in [-0.2, -0.15) is 0 Å². The number of rotatable bonds is 3. The predicted octanol–water partition coefficient (Wildman–Crippen LogP) is 5.33. The number of esters is 1. The first-order valence-corrected chi connectivity index (χ1v) is 8.32. The van der Waals surface area contributed by atoms with Gasteiger partial charge in [0, 0.05) is 0 Å². The van der Waals surface area contributed by atoms with Crippen LogP contribution in [-0.4, -0.2) is 19.7 Å². The van der Waals surface area contributed by atoms with E-state index in [-0.39, 0.29) is 5.97 Å². The molecule has 0 aliphatic heterocycles. The summed E-state index contributed by atoms with van der Waals surface area (Å²) in [5, 5.41) is 6.72. The van der Waals surface area contributed by atoms with Crippen molar-refractivity contribution in [2.45, 2.75) is 6.92 Å². The van der Waals surface area contributed by atoms with E-state index in [1.807, 2.05) is 49.4 Å². The van der Waals surface area contributed by atoms with Crippen LogP contribution in [0.5, 0.6) is 5.75 Å². The second-order valence-electron chi connectivity index (χ2n) is 5.94. The molecule has 0 amide bonds. The third-order valence-corrected chi connectivity index (χ3v) is 4.56. The molecule has 25 heavy (non-hydrogen) atoms. The van der Waals surface area contributed by atoms with Gasteiger partial charge in [0.15, 0.2) is 0 Å². The Morgan fingerprint density at radius 3 is 2.12 bits per heavy atom. The summed E-state index contributed by atoms with van der Waals surface area (Å²) < 4.78 is 10.6. The number of methoxy groups -OCH3 is 1.